The van der Waals surface area contributed by atoms with Gasteiger partial charge in [-0.15, -0.1) is 0 Å². The van der Waals surface area contributed by atoms with E-state index in [1.165, 1.54) is 0 Å². The Morgan fingerprint density at radius 1 is 1.20 bits per heavy atom. The number of pyridine rings is 2. The number of aromatic nitrogens is 4. The van der Waals surface area contributed by atoms with E-state index >= 15 is 0 Å². The molecule has 182 valence electrons. The molecule has 2 unspecified atom stereocenters. The summed E-state index contributed by atoms with van der Waals surface area (Å²) in [6.45, 7) is 1.78. The van der Waals surface area contributed by atoms with Gasteiger partial charge in [0.2, 0.25) is 5.91 Å². The van der Waals surface area contributed by atoms with Crippen molar-refractivity contribution in [2.45, 2.75) is 32.1 Å². The summed E-state index contributed by atoms with van der Waals surface area (Å²) in [5, 5.41) is 6.16. The molecule has 5 rings (SSSR count). The monoisotopic (exact) mass is 473 g/mol. The first-order valence-electron chi connectivity index (χ1n) is 12.1. The van der Waals surface area contributed by atoms with Gasteiger partial charge < -0.3 is 20.3 Å². The molecule has 1 saturated heterocycles. The summed E-state index contributed by atoms with van der Waals surface area (Å²) in [6.07, 6.45) is 10.4. The topological polar surface area (TPSA) is 105 Å². The van der Waals surface area contributed by atoms with E-state index in [0.717, 1.165) is 56.6 Å². The van der Waals surface area contributed by atoms with E-state index in [2.05, 4.69) is 25.5 Å². The van der Waals surface area contributed by atoms with Crippen LogP contribution in [0.15, 0.2) is 48.9 Å². The molecule has 3 aromatic rings. The number of rotatable bonds is 6. The van der Waals surface area contributed by atoms with Gasteiger partial charge in [-0.2, -0.15) is 0 Å². The first-order chi connectivity index (χ1) is 17.1. The summed E-state index contributed by atoms with van der Waals surface area (Å²) in [6, 6.07) is 9.49. The van der Waals surface area contributed by atoms with Crippen molar-refractivity contribution >= 4 is 23.4 Å². The van der Waals surface area contributed by atoms with Crippen molar-refractivity contribution in [1.82, 2.24) is 25.3 Å². The largest absolute Gasteiger partial charge is 0.493 e. The third-order valence-corrected chi connectivity index (χ3v) is 7.19. The lowest BCUT2D eigenvalue weighted by molar-refractivity contribution is -0.126. The molecule has 2 fully saturated rings. The Morgan fingerprint density at radius 2 is 2.09 bits per heavy atom. The van der Waals surface area contributed by atoms with Crippen LogP contribution in [0.2, 0.25) is 0 Å². The second-order valence-corrected chi connectivity index (χ2v) is 9.44. The van der Waals surface area contributed by atoms with Gasteiger partial charge in [0.1, 0.15) is 11.6 Å². The molecule has 1 aliphatic carbocycles. The number of carbonyl (C=O) groups excluding carboxylic acids is 1. The maximum absolute atomic E-state index is 12.4. The average molecular weight is 474 g/mol. The number of hydrogen-bond donors (Lipinski definition) is 2. The second-order valence-electron chi connectivity index (χ2n) is 9.44. The molecule has 1 amide bonds. The van der Waals surface area contributed by atoms with E-state index in [0.29, 0.717) is 23.2 Å². The van der Waals surface area contributed by atoms with E-state index < -0.39 is 0 Å². The van der Waals surface area contributed by atoms with Crippen molar-refractivity contribution in [3.8, 4) is 17.1 Å². The molecule has 9 nitrogen and oxygen atoms in total. The smallest absolute Gasteiger partial charge is 0.222 e. The highest BCUT2D eigenvalue weighted by Gasteiger charge is 2.43. The summed E-state index contributed by atoms with van der Waals surface area (Å²) in [7, 11) is 3.35. The Morgan fingerprint density at radius 3 is 2.89 bits per heavy atom. The van der Waals surface area contributed by atoms with Crippen molar-refractivity contribution in [1.29, 1.82) is 0 Å². The maximum Gasteiger partial charge on any atom is 0.222 e. The number of ether oxygens (including phenoxy) is 1. The average Bonchev–Trinajstić information content (AvgIpc) is 3.31. The van der Waals surface area contributed by atoms with Gasteiger partial charge in [-0.1, -0.05) is 6.42 Å². The Kier molecular flexibility index (Phi) is 6.48. The Labute approximate surface area is 205 Å². The lowest BCUT2D eigenvalue weighted by atomic mass is 9.69. The predicted octanol–water partition coefficient (Wildman–Crippen LogP) is 3.82. The fourth-order valence-electron chi connectivity index (χ4n) is 5.43. The number of methoxy groups -OCH3 is 1. The zero-order valence-electron chi connectivity index (χ0n) is 20.2. The van der Waals surface area contributed by atoms with Crippen LogP contribution in [0.1, 0.15) is 32.1 Å². The molecule has 0 bridgehead atoms. The molecule has 2 N–H and O–H groups in total. The van der Waals surface area contributed by atoms with E-state index in [9.17, 15) is 4.79 Å². The molecule has 2 atom stereocenters. The molecule has 0 radical (unpaired) electrons. The molecule has 4 heterocycles. The van der Waals surface area contributed by atoms with Crippen molar-refractivity contribution in [3.05, 3.63) is 48.9 Å². The standard InChI is InChI=1S/C26H31N7O2/c1-27-25(34)18-6-3-9-26(15-18)10-13-33(17-26)22-14-21(31-24-20(35-2)8-5-12-29-24)30-23(32-22)19-7-4-11-28-16-19/h4-5,7-8,11-12,14,16,18H,3,6,9-10,13,15,17H2,1-2H3,(H,27,34)(H,29,30,31,32). The second kappa shape index (κ2) is 9.85. The lowest BCUT2D eigenvalue weighted by Gasteiger charge is -2.37. The van der Waals surface area contributed by atoms with Crippen LogP contribution in [0.3, 0.4) is 0 Å². The van der Waals surface area contributed by atoms with Crippen molar-refractivity contribution < 1.29 is 9.53 Å². The SMILES string of the molecule is CNC(=O)C1CCCC2(CCN(c3cc(Nc4ncccc4OC)nc(-c4cccnc4)n3)C2)C1. The molecule has 1 saturated carbocycles. The van der Waals surface area contributed by atoms with Gasteiger partial charge in [-0.25, -0.2) is 15.0 Å². The number of amides is 1. The molecule has 3 aromatic heterocycles. The molecular weight excluding hydrogens is 442 g/mol. The number of nitrogens with zero attached hydrogens (tertiary/aromatic N) is 5. The quantitative estimate of drug-likeness (QED) is 0.557. The minimum absolute atomic E-state index is 0.0962. The number of anilines is 3. The van der Waals surface area contributed by atoms with Gasteiger partial charge in [0.25, 0.3) is 0 Å². The van der Waals surface area contributed by atoms with Crippen LogP contribution in [0.25, 0.3) is 11.4 Å². The summed E-state index contributed by atoms with van der Waals surface area (Å²) < 4.78 is 5.45. The highest BCUT2D eigenvalue weighted by atomic mass is 16.5. The third kappa shape index (κ3) is 4.89. The summed E-state index contributed by atoms with van der Waals surface area (Å²) in [5.41, 5.74) is 0.990. The van der Waals surface area contributed by atoms with E-state index in [1.807, 2.05) is 30.3 Å². The summed E-state index contributed by atoms with van der Waals surface area (Å²) >= 11 is 0. The van der Waals surface area contributed by atoms with Crippen molar-refractivity contribution in [2.75, 3.05) is 37.5 Å². The maximum atomic E-state index is 12.4. The summed E-state index contributed by atoms with van der Waals surface area (Å²) in [5.74, 6) is 3.58. The first kappa shape index (κ1) is 23.0. The van der Waals surface area contributed by atoms with Crippen LogP contribution in [0.4, 0.5) is 17.5 Å². The molecule has 0 aromatic carbocycles. The van der Waals surface area contributed by atoms with Crippen LogP contribution in [0.5, 0.6) is 5.75 Å². The van der Waals surface area contributed by atoms with E-state index in [-0.39, 0.29) is 17.2 Å². The fraction of sp³-hybridized carbons (Fsp3) is 0.423. The van der Waals surface area contributed by atoms with Gasteiger partial charge >= 0.3 is 0 Å². The minimum Gasteiger partial charge on any atom is -0.493 e. The first-order valence-corrected chi connectivity index (χ1v) is 12.1. The van der Waals surface area contributed by atoms with E-state index in [1.54, 1.807) is 32.7 Å². The number of nitrogens with one attached hydrogen (secondary N) is 2. The Balaban J connectivity index is 1.45. The Hall–Kier alpha value is -3.75. The number of carbonyl (C=O) groups is 1. The van der Waals surface area contributed by atoms with Gasteiger partial charge in [0.15, 0.2) is 17.4 Å². The van der Waals surface area contributed by atoms with Gasteiger partial charge in [-0.3, -0.25) is 9.78 Å². The minimum atomic E-state index is 0.0962. The number of hydrogen-bond acceptors (Lipinski definition) is 8. The van der Waals surface area contributed by atoms with Gasteiger partial charge in [-0.05, 0) is 55.4 Å². The highest BCUT2D eigenvalue weighted by Crippen LogP contribution is 2.47. The van der Waals surface area contributed by atoms with Crippen LogP contribution < -0.4 is 20.3 Å². The zero-order valence-corrected chi connectivity index (χ0v) is 20.2. The third-order valence-electron chi connectivity index (χ3n) is 7.19. The molecule has 9 heteroatoms. The molecule has 35 heavy (non-hydrogen) atoms. The molecular formula is C26H31N7O2. The zero-order chi connectivity index (χ0) is 24.3. The van der Waals surface area contributed by atoms with Crippen LogP contribution in [-0.2, 0) is 4.79 Å². The highest BCUT2D eigenvalue weighted by molar-refractivity contribution is 5.78. The van der Waals surface area contributed by atoms with Crippen molar-refractivity contribution in [2.24, 2.45) is 11.3 Å². The normalized spacial score (nSPS) is 21.7. The van der Waals surface area contributed by atoms with Gasteiger partial charge in [0, 0.05) is 56.3 Å². The molecule has 1 spiro atoms. The summed E-state index contributed by atoms with van der Waals surface area (Å²) in [4.78, 5) is 33.0. The van der Waals surface area contributed by atoms with Gasteiger partial charge in [0.05, 0.1) is 7.11 Å². The predicted molar refractivity (Wildman–Crippen MR) is 135 cm³/mol. The lowest BCUT2D eigenvalue weighted by Crippen LogP contribution is -2.38. The molecule has 1 aliphatic heterocycles. The molecule has 2 aliphatic rings. The van der Waals surface area contributed by atoms with E-state index in [4.69, 9.17) is 14.7 Å². The van der Waals surface area contributed by atoms with Crippen molar-refractivity contribution in [3.63, 3.8) is 0 Å². The Bertz CT molecular complexity index is 1190. The van der Waals surface area contributed by atoms with Crippen LogP contribution in [-0.4, -0.2) is 53.1 Å². The fourth-order valence-corrected chi connectivity index (χ4v) is 5.43. The van der Waals surface area contributed by atoms with Crippen LogP contribution >= 0.6 is 0 Å². The van der Waals surface area contributed by atoms with Crippen LogP contribution in [0, 0.1) is 11.3 Å².